The zero-order valence-corrected chi connectivity index (χ0v) is 15.4. The number of carbonyl (C=O) groups is 1. The summed E-state index contributed by atoms with van der Waals surface area (Å²) in [6, 6.07) is 15.9. The monoisotopic (exact) mass is 393 g/mol. The fourth-order valence-electron chi connectivity index (χ4n) is 2.80. The first kappa shape index (κ1) is 17.9. The number of rotatable bonds is 5. The van der Waals surface area contributed by atoms with E-state index in [1.807, 2.05) is 42.6 Å². The Balaban J connectivity index is 1.46. The molecule has 4 rings (SSSR count). The van der Waals surface area contributed by atoms with Crippen LogP contribution in [0.15, 0.2) is 71.8 Å². The third-order valence-electron chi connectivity index (χ3n) is 4.27. The smallest absolute Gasteiger partial charge is 0.272 e. The van der Waals surface area contributed by atoms with Gasteiger partial charge in [0.1, 0.15) is 12.3 Å². The van der Waals surface area contributed by atoms with Crippen LogP contribution in [0, 0.1) is 0 Å². The van der Waals surface area contributed by atoms with Gasteiger partial charge >= 0.3 is 0 Å². The molecule has 0 spiro atoms. The minimum atomic E-state index is -0.412. The van der Waals surface area contributed by atoms with Gasteiger partial charge in [-0.2, -0.15) is 0 Å². The zero-order valence-electron chi connectivity index (χ0n) is 14.7. The molecule has 2 aromatic heterocycles. The number of hydrogen-bond acceptors (Lipinski definition) is 3. The number of benzene rings is 2. The summed E-state index contributed by atoms with van der Waals surface area (Å²) in [5, 5.41) is 4.32. The topological polar surface area (TPSA) is 87.0 Å². The highest BCUT2D eigenvalue weighted by atomic mass is 35.5. The lowest BCUT2D eigenvalue weighted by molar-refractivity contribution is 0.102. The first-order chi connectivity index (χ1) is 13.6. The molecule has 0 saturated carbocycles. The molecule has 140 valence electrons. The normalized spacial score (nSPS) is 10.8. The Morgan fingerprint density at radius 2 is 1.93 bits per heavy atom. The van der Waals surface area contributed by atoms with Gasteiger partial charge in [-0.05, 0) is 30.3 Å². The Labute approximate surface area is 165 Å². The lowest BCUT2D eigenvalue weighted by Crippen LogP contribution is -2.17. The Kier molecular flexibility index (Phi) is 4.87. The van der Waals surface area contributed by atoms with Crippen molar-refractivity contribution in [2.45, 2.75) is 6.61 Å². The largest absolute Gasteiger partial charge is 0.483 e. The van der Waals surface area contributed by atoms with Crippen LogP contribution in [0.4, 0.5) is 5.69 Å². The van der Waals surface area contributed by atoms with Gasteiger partial charge < -0.3 is 20.0 Å². The Bertz CT molecular complexity index is 1210. The fourth-order valence-corrected chi connectivity index (χ4v) is 2.99. The fraction of sp³-hybridized carbons (Fsp3) is 0.0476. The van der Waals surface area contributed by atoms with Crippen LogP contribution in [0.5, 0.6) is 5.75 Å². The molecule has 0 radical (unpaired) electrons. The van der Waals surface area contributed by atoms with Crippen molar-refractivity contribution in [3.63, 3.8) is 0 Å². The maximum atomic E-state index is 12.4. The number of nitrogens with one attached hydrogen (secondary N) is 3. The number of carbonyl (C=O) groups excluding carboxylic acids is 1. The third kappa shape index (κ3) is 3.77. The van der Waals surface area contributed by atoms with Crippen LogP contribution in [0.3, 0.4) is 0 Å². The van der Waals surface area contributed by atoms with E-state index in [1.165, 1.54) is 12.3 Å². The van der Waals surface area contributed by atoms with Crippen LogP contribution in [-0.4, -0.2) is 15.9 Å². The van der Waals surface area contributed by atoms with E-state index in [2.05, 4.69) is 15.3 Å². The highest BCUT2D eigenvalue weighted by Gasteiger charge is 2.11. The van der Waals surface area contributed by atoms with Gasteiger partial charge in [0.15, 0.2) is 5.75 Å². The van der Waals surface area contributed by atoms with E-state index in [9.17, 15) is 9.59 Å². The van der Waals surface area contributed by atoms with Crippen molar-refractivity contribution in [2.24, 2.45) is 0 Å². The van der Waals surface area contributed by atoms with Crippen LogP contribution in [0.1, 0.15) is 16.1 Å². The summed E-state index contributed by atoms with van der Waals surface area (Å²) in [5.74, 6) is -0.296. The van der Waals surface area contributed by atoms with E-state index in [-0.39, 0.29) is 18.1 Å². The molecule has 4 aromatic rings. The molecule has 7 heteroatoms. The van der Waals surface area contributed by atoms with Crippen molar-refractivity contribution in [1.82, 2.24) is 9.97 Å². The molecule has 0 unspecified atom stereocenters. The van der Waals surface area contributed by atoms with E-state index >= 15 is 0 Å². The zero-order chi connectivity index (χ0) is 19.5. The number of aromatic amines is 2. The second kappa shape index (κ2) is 7.62. The van der Waals surface area contributed by atoms with Crippen molar-refractivity contribution >= 4 is 34.1 Å². The number of ether oxygens (including phenoxy) is 1. The molecular formula is C21H16ClN3O3. The molecule has 0 aliphatic carbocycles. The van der Waals surface area contributed by atoms with Gasteiger partial charge in [-0.25, -0.2) is 0 Å². The molecule has 0 saturated heterocycles. The van der Waals surface area contributed by atoms with Gasteiger partial charge in [0, 0.05) is 45.6 Å². The van der Waals surface area contributed by atoms with Gasteiger partial charge in [-0.15, -0.1) is 0 Å². The average molecular weight is 394 g/mol. The van der Waals surface area contributed by atoms with E-state index in [0.29, 0.717) is 10.7 Å². The molecule has 0 bridgehead atoms. The number of halogens is 1. The first-order valence-corrected chi connectivity index (χ1v) is 8.95. The summed E-state index contributed by atoms with van der Waals surface area (Å²) < 4.78 is 5.53. The van der Waals surface area contributed by atoms with Crippen molar-refractivity contribution in [3.05, 3.63) is 93.5 Å². The molecule has 0 aliphatic heterocycles. The highest BCUT2D eigenvalue weighted by Crippen LogP contribution is 2.19. The average Bonchev–Trinajstić information content (AvgIpc) is 3.16. The van der Waals surface area contributed by atoms with Crippen LogP contribution in [0.2, 0.25) is 5.02 Å². The summed E-state index contributed by atoms with van der Waals surface area (Å²) in [4.78, 5) is 30.6. The predicted octanol–water partition coefficient (Wildman–Crippen LogP) is 4.34. The predicted molar refractivity (Wildman–Crippen MR) is 109 cm³/mol. The van der Waals surface area contributed by atoms with E-state index in [4.69, 9.17) is 16.3 Å². The van der Waals surface area contributed by atoms with Gasteiger partial charge in [-0.1, -0.05) is 29.8 Å². The van der Waals surface area contributed by atoms with E-state index < -0.39 is 11.3 Å². The SMILES string of the molecule is O=C(Nc1ccc2[nH]ccc2c1)c1cc(=O)c(OCc2ccccc2Cl)c[nH]1. The number of H-pyrrole nitrogens is 2. The van der Waals surface area contributed by atoms with Crippen molar-refractivity contribution in [1.29, 1.82) is 0 Å². The minimum Gasteiger partial charge on any atom is -0.483 e. The Morgan fingerprint density at radius 1 is 1.07 bits per heavy atom. The second-order valence-corrected chi connectivity index (χ2v) is 6.60. The van der Waals surface area contributed by atoms with Gasteiger partial charge in [0.05, 0.1) is 0 Å². The summed E-state index contributed by atoms with van der Waals surface area (Å²) in [6.07, 6.45) is 3.21. The van der Waals surface area contributed by atoms with Crippen LogP contribution in [0.25, 0.3) is 10.9 Å². The number of aromatic nitrogens is 2. The molecular weight excluding hydrogens is 378 g/mol. The summed E-state index contributed by atoms with van der Waals surface area (Å²) in [6.45, 7) is 0.158. The standard InChI is InChI=1S/C21H16ClN3O3/c22-16-4-2-1-3-14(16)12-28-20-11-24-18(10-19(20)26)21(27)25-15-5-6-17-13(9-15)7-8-23-17/h1-11,23H,12H2,(H,24,26)(H,25,27). The van der Waals surface area contributed by atoms with Crippen molar-refractivity contribution < 1.29 is 9.53 Å². The molecule has 28 heavy (non-hydrogen) atoms. The third-order valence-corrected chi connectivity index (χ3v) is 4.64. The van der Waals surface area contributed by atoms with Crippen LogP contribution < -0.4 is 15.5 Å². The number of pyridine rings is 1. The maximum absolute atomic E-state index is 12.4. The molecule has 1 amide bonds. The van der Waals surface area contributed by atoms with Crippen molar-refractivity contribution in [2.75, 3.05) is 5.32 Å². The summed E-state index contributed by atoms with van der Waals surface area (Å²) >= 11 is 6.08. The van der Waals surface area contributed by atoms with Gasteiger partial charge in [-0.3, -0.25) is 9.59 Å². The number of hydrogen-bond donors (Lipinski definition) is 3. The number of fused-ring (bicyclic) bond motifs is 1. The lowest BCUT2D eigenvalue weighted by Gasteiger charge is -2.09. The van der Waals surface area contributed by atoms with Crippen LogP contribution in [-0.2, 0) is 6.61 Å². The second-order valence-electron chi connectivity index (χ2n) is 6.19. The molecule has 2 heterocycles. The maximum Gasteiger partial charge on any atom is 0.272 e. The molecule has 0 aliphatic rings. The molecule has 6 nitrogen and oxygen atoms in total. The number of amides is 1. The highest BCUT2D eigenvalue weighted by molar-refractivity contribution is 6.31. The molecule has 0 fully saturated rings. The van der Waals surface area contributed by atoms with E-state index in [1.54, 1.807) is 12.1 Å². The Morgan fingerprint density at radius 3 is 2.75 bits per heavy atom. The van der Waals surface area contributed by atoms with Crippen molar-refractivity contribution in [3.8, 4) is 5.75 Å². The van der Waals surface area contributed by atoms with Gasteiger partial charge in [0.25, 0.3) is 5.91 Å². The molecule has 0 atom stereocenters. The lowest BCUT2D eigenvalue weighted by atomic mass is 10.2. The quantitative estimate of drug-likeness (QED) is 0.471. The first-order valence-electron chi connectivity index (χ1n) is 8.57. The number of anilines is 1. The van der Waals surface area contributed by atoms with Crippen LogP contribution >= 0.6 is 11.6 Å². The Hall–Kier alpha value is -3.51. The van der Waals surface area contributed by atoms with Gasteiger partial charge in [0.2, 0.25) is 5.43 Å². The molecule has 3 N–H and O–H groups in total. The van der Waals surface area contributed by atoms with E-state index in [0.717, 1.165) is 16.5 Å². The minimum absolute atomic E-state index is 0.116. The summed E-state index contributed by atoms with van der Waals surface area (Å²) in [5.41, 5.74) is 2.13. The summed E-state index contributed by atoms with van der Waals surface area (Å²) in [7, 11) is 0. The molecule has 2 aromatic carbocycles.